The molecule has 0 radical (unpaired) electrons. The van der Waals surface area contributed by atoms with Gasteiger partial charge >= 0.3 is 6.09 Å². The number of hydrogen-bond donors (Lipinski definition) is 0. The van der Waals surface area contributed by atoms with Gasteiger partial charge in [-0.05, 0) is 32.1 Å². The van der Waals surface area contributed by atoms with Gasteiger partial charge in [-0.15, -0.1) is 0 Å². The van der Waals surface area contributed by atoms with Crippen molar-refractivity contribution in [1.29, 1.82) is 0 Å². The second-order valence-electron chi connectivity index (χ2n) is 6.33. The first-order valence-corrected chi connectivity index (χ1v) is 8.07. The zero-order chi connectivity index (χ0) is 16.4. The number of carbonyl (C=O) groups excluding carboxylic acids is 2. The molecule has 2 aliphatic heterocycles. The summed E-state index contributed by atoms with van der Waals surface area (Å²) < 4.78 is 5.13. The van der Waals surface area contributed by atoms with Crippen LogP contribution in [0.2, 0.25) is 0 Å². The van der Waals surface area contributed by atoms with Crippen molar-refractivity contribution < 1.29 is 14.3 Å². The monoisotopic (exact) mass is 318 g/mol. The molecule has 2 saturated heterocycles. The molecule has 0 spiro atoms. The van der Waals surface area contributed by atoms with E-state index in [4.69, 9.17) is 4.74 Å². The fourth-order valence-corrected chi connectivity index (χ4v) is 3.16. The molecule has 23 heavy (non-hydrogen) atoms. The maximum atomic E-state index is 11.8. The van der Waals surface area contributed by atoms with Crippen molar-refractivity contribution >= 4 is 17.8 Å². The summed E-state index contributed by atoms with van der Waals surface area (Å²) in [5.74, 6) is 1.20. The number of anilines is 1. The van der Waals surface area contributed by atoms with Crippen molar-refractivity contribution in [3.05, 3.63) is 18.1 Å². The molecule has 1 atom stereocenters. The van der Waals surface area contributed by atoms with Crippen LogP contribution in [-0.4, -0.2) is 52.6 Å². The van der Waals surface area contributed by atoms with Crippen molar-refractivity contribution in [2.75, 3.05) is 24.5 Å². The molecule has 7 nitrogen and oxygen atoms in total. The van der Waals surface area contributed by atoms with Crippen molar-refractivity contribution in [2.24, 2.45) is 5.92 Å². The molecule has 124 valence electrons. The third kappa shape index (κ3) is 3.60. The van der Waals surface area contributed by atoms with Gasteiger partial charge in [-0.25, -0.2) is 9.78 Å². The zero-order valence-corrected chi connectivity index (χ0v) is 13.6. The fourth-order valence-electron chi connectivity index (χ4n) is 3.16. The molecule has 2 amide bonds. The summed E-state index contributed by atoms with van der Waals surface area (Å²) in [7, 11) is 0. The summed E-state index contributed by atoms with van der Waals surface area (Å²) in [6.07, 6.45) is 5.66. The number of piperidine rings is 1. The highest BCUT2D eigenvalue weighted by molar-refractivity contribution is 5.88. The predicted molar refractivity (Wildman–Crippen MR) is 84.0 cm³/mol. The van der Waals surface area contributed by atoms with Gasteiger partial charge in [0.1, 0.15) is 6.10 Å². The van der Waals surface area contributed by atoms with E-state index in [9.17, 15) is 9.59 Å². The van der Waals surface area contributed by atoms with E-state index in [2.05, 4.69) is 9.97 Å². The number of ether oxygens (including phenoxy) is 1. The van der Waals surface area contributed by atoms with Gasteiger partial charge in [-0.2, -0.15) is 0 Å². The number of hydrogen-bond acceptors (Lipinski definition) is 5. The van der Waals surface area contributed by atoms with Crippen LogP contribution in [0.5, 0.6) is 0 Å². The summed E-state index contributed by atoms with van der Waals surface area (Å²) in [5.41, 5.74) is 0.885. The molecule has 0 bridgehead atoms. The Morgan fingerprint density at radius 3 is 2.70 bits per heavy atom. The number of aromatic nitrogens is 2. The minimum atomic E-state index is -0.362. The summed E-state index contributed by atoms with van der Waals surface area (Å²) in [4.78, 5) is 35.4. The second kappa shape index (κ2) is 6.52. The van der Waals surface area contributed by atoms with Gasteiger partial charge in [0.05, 0.1) is 18.4 Å². The minimum Gasteiger partial charge on any atom is -0.444 e. The van der Waals surface area contributed by atoms with Crippen molar-refractivity contribution in [3.63, 3.8) is 0 Å². The number of amides is 2. The maximum Gasteiger partial charge on any atom is 0.415 e. The SMILES string of the molecule is CC(=O)N1CCC(Cc2cncc(N3CC(C)OC3=O)n2)CC1. The molecule has 1 aromatic heterocycles. The number of rotatable bonds is 3. The molecule has 3 rings (SSSR count). The van der Waals surface area contributed by atoms with Crippen LogP contribution >= 0.6 is 0 Å². The highest BCUT2D eigenvalue weighted by Crippen LogP contribution is 2.23. The first-order chi connectivity index (χ1) is 11.0. The molecule has 0 N–H and O–H groups in total. The fraction of sp³-hybridized carbons (Fsp3) is 0.625. The van der Waals surface area contributed by atoms with E-state index in [1.807, 2.05) is 11.8 Å². The summed E-state index contributed by atoms with van der Waals surface area (Å²) in [6, 6.07) is 0. The van der Waals surface area contributed by atoms with E-state index in [0.717, 1.165) is 38.0 Å². The van der Waals surface area contributed by atoms with Gasteiger partial charge in [0.2, 0.25) is 5.91 Å². The Morgan fingerprint density at radius 1 is 1.35 bits per heavy atom. The molecular weight excluding hydrogens is 296 g/mol. The van der Waals surface area contributed by atoms with Crippen molar-refractivity contribution in [2.45, 2.75) is 39.2 Å². The number of likely N-dealkylation sites (tertiary alicyclic amines) is 1. The highest BCUT2D eigenvalue weighted by atomic mass is 16.6. The standard InChI is InChI=1S/C16H22N4O3/c1-11-10-20(16(22)23-11)15-9-17-8-14(18-15)7-13-3-5-19(6-4-13)12(2)21/h8-9,11,13H,3-7,10H2,1-2H3. The van der Waals surface area contributed by atoms with E-state index in [1.165, 1.54) is 4.90 Å². The van der Waals surface area contributed by atoms with Gasteiger partial charge in [-0.3, -0.25) is 14.7 Å². The summed E-state index contributed by atoms with van der Waals surface area (Å²) >= 11 is 0. The molecule has 1 unspecified atom stereocenters. The molecule has 1 aromatic rings. The van der Waals surface area contributed by atoms with E-state index < -0.39 is 0 Å². The normalized spacial score (nSPS) is 22.3. The topological polar surface area (TPSA) is 75.6 Å². The number of cyclic esters (lactones) is 1. The Morgan fingerprint density at radius 2 is 2.09 bits per heavy atom. The van der Waals surface area contributed by atoms with Crippen LogP contribution in [0.25, 0.3) is 0 Å². The third-order valence-electron chi connectivity index (χ3n) is 4.47. The highest BCUT2D eigenvalue weighted by Gasteiger charge is 2.30. The Bertz CT molecular complexity index is 599. The summed E-state index contributed by atoms with van der Waals surface area (Å²) in [5, 5.41) is 0. The molecule has 3 heterocycles. The Hall–Kier alpha value is -2.18. The van der Waals surface area contributed by atoms with E-state index in [0.29, 0.717) is 18.3 Å². The first kappa shape index (κ1) is 15.7. The first-order valence-electron chi connectivity index (χ1n) is 8.07. The maximum absolute atomic E-state index is 11.8. The quantitative estimate of drug-likeness (QED) is 0.846. The second-order valence-corrected chi connectivity index (χ2v) is 6.33. The lowest BCUT2D eigenvalue weighted by Gasteiger charge is -2.31. The third-order valence-corrected chi connectivity index (χ3v) is 4.47. The van der Waals surface area contributed by atoms with E-state index in [1.54, 1.807) is 19.3 Å². The Balaban J connectivity index is 1.62. The van der Waals surface area contributed by atoms with Gasteiger partial charge < -0.3 is 9.64 Å². The number of nitrogens with zero attached hydrogens (tertiary/aromatic N) is 4. The average molecular weight is 318 g/mol. The van der Waals surface area contributed by atoms with Crippen LogP contribution in [0.4, 0.5) is 10.6 Å². The Kier molecular flexibility index (Phi) is 4.45. The van der Waals surface area contributed by atoms with Crippen LogP contribution in [0, 0.1) is 5.92 Å². The van der Waals surface area contributed by atoms with Crippen LogP contribution in [0.15, 0.2) is 12.4 Å². The van der Waals surface area contributed by atoms with Gasteiger partial charge in [-0.1, -0.05) is 0 Å². The molecule has 2 aliphatic rings. The van der Waals surface area contributed by atoms with Crippen LogP contribution in [0.1, 0.15) is 32.4 Å². The Labute approximate surface area is 135 Å². The molecule has 0 aromatic carbocycles. The molecule has 7 heteroatoms. The van der Waals surface area contributed by atoms with Crippen molar-refractivity contribution in [1.82, 2.24) is 14.9 Å². The smallest absolute Gasteiger partial charge is 0.415 e. The zero-order valence-electron chi connectivity index (χ0n) is 13.6. The lowest BCUT2D eigenvalue weighted by Crippen LogP contribution is -2.37. The van der Waals surface area contributed by atoms with Gasteiger partial charge in [0, 0.05) is 26.2 Å². The van der Waals surface area contributed by atoms with E-state index >= 15 is 0 Å². The van der Waals surface area contributed by atoms with E-state index in [-0.39, 0.29) is 18.1 Å². The largest absolute Gasteiger partial charge is 0.444 e. The molecule has 2 fully saturated rings. The average Bonchev–Trinajstić information content (AvgIpc) is 2.87. The van der Waals surface area contributed by atoms with Gasteiger partial charge in [0.25, 0.3) is 0 Å². The lowest BCUT2D eigenvalue weighted by atomic mass is 9.92. The molecular formula is C16H22N4O3. The lowest BCUT2D eigenvalue weighted by molar-refractivity contribution is -0.130. The molecule has 0 saturated carbocycles. The van der Waals surface area contributed by atoms with Crippen LogP contribution < -0.4 is 4.90 Å². The predicted octanol–water partition coefficient (Wildman–Crippen LogP) is 1.62. The van der Waals surface area contributed by atoms with Gasteiger partial charge in [0.15, 0.2) is 5.82 Å². The van der Waals surface area contributed by atoms with Crippen molar-refractivity contribution in [3.8, 4) is 0 Å². The minimum absolute atomic E-state index is 0.121. The van der Waals surface area contributed by atoms with Crippen LogP contribution in [-0.2, 0) is 16.0 Å². The van der Waals surface area contributed by atoms with Crippen LogP contribution in [0.3, 0.4) is 0 Å². The number of carbonyl (C=O) groups is 2. The summed E-state index contributed by atoms with van der Waals surface area (Å²) in [6.45, 7) is 5.60. The molecule has 0 aliphatic carbocycles.